The first-order valence-electron chi connectivity index (χ1n) is 10.1. The Morgan fingerprint density at radius 1 is 1.31 bits per heavy atom. The Bertz CT molecular complexity index is 754. The molecule has 1 atom stereocenters. The molecule has 0 unspecified atom stereocenters. The number of rotatable bonds is 8. The zero-order chi connectivity index (χ0) is 20.8. The van der Waals surface area contributed by atoms with Crippen molar-refractivity contribution in [1.29, 1.82) is 0 Å². The van der Waals surface area contributed by atoms with Gasteiger partial charge in [-0.25, -0.2) is 9.59 Å². The number of thiophene rings is 1. The second-order valence-electron chi connectivity index (χ2n) is 7.13. The van der Waals surface area contributed by atoms with Crippen molar-refractivity contribution in [3.05, 3.63) is 46.3 Å². The number of likely N-dealkylation sites (N-methyl/N-ethyl adjacent to an activating group) is 1. The summed E-state index contributed by atoms with van der Waals surface area (Å²) in [6.45, 7) is 13.7. The van der Waals surface area contributed by atoms with E-state index < -0.39 is 6.04 Å². The van der Waals surface area contributed by atoms with E-state index in [-0.39, 0.29) is 18.6 Å². The summed E-state index contributed by atoms with van der Waals surface area (Å²) in [6, 6.07) is 1.23. The SMILES string of the molecule is C=CCN1C(=O)N[C@H](c2ccsc2)C(C(=O)OCC)=C1CN1CCN(CC)CC1. The lowest BCUT2D eigenvalue weighted by Crippen LogP contribution is -2.53. The van der Waals surface area contributed by atoms with E-state index in [0.29, 0.717) is 24.4 Å². The highest BCUT2D eigenvalue weighted by atomic mass is 32.1. The second-order valence-corrected chi connectivity index (χ2v) is 7.91. The van der Waals surface area contributed by atoms with E-state index in [4.69, 9.17) is 4.74 Å². The molecular formula is C21H30N4O3S. The average Bonchev–Trinajstić information content (AvgIpc) is 3.26. The molecule has 0 saturated carbocycles. The maximum absolute atomic E-state index is 13.0. The van der Waals surface area contributed by atoms with E-state index >= 15 is 0 Å². The van der Waals surface area contributed by atoms with Gasteiger partial charge in [0.05, 0.1) is 18.2 Å². The van der Waals surface area contributed by atoms with Crippen LogP contribution in [0.25, 0.3) is 0 Å². The van der Waals surface area contributed by atoms with Crippen LogP contribution >= 0.6 is 11.3 Å². The fourth-order valence-corrected chi connectivity index (χ4v) is 4.50. The smallest absolute Gasteiger partial charge is 0.338 e. The molecule has 0 bridgehead atoms. The number of ether oxygens (including phenoxy) is 1. The molecule has 3 rings (SSSR count). The van der Waals surface area contributed by atoms with Crippen molar-refractivity contribution in [2.24, 2.45) is 0 Å². The fraction of sp³-hybridized carbons (Fsp3) is 0.524. The van der Waals surface area contributed by atoms with Crippen molar-refractivity contribution in [2.75, 3.05) is 52.4 Å². The molecule has 8 heteroatoms. The molecule has 29 heavy (non-hydrogen) atoms. The van der Waals surface area contributed by atoms with Crippen LogP contribution in [0.5, 0.6) is 0 Å². The normalized spacial score (nSPS) is 21.2. The van der Waals surface area contributed by atoms with Crippen LogP contribution in [0, 0.1) is 0 Å². The van der Waals surface area contributed by atoms with Gasteiger partial charge >= 0.3 is 12.0 Å². The largest absolute Gasteiger partial charge is 0.463 e. The lowest BCUT2D eigenvalue weighted by Gasteiger charge is -2.40. The Labute approximate surface area is 176 Å². The first kappa shape index (κ1) is 21.5. The summed E-state index contributed by atoms with van der Waals surface area (Å²) in [5, 5.41) is 6.90. The van der Waals surface area contributed by atoms with Crippen LogP contribution in [-0.2, 0) is 9.53 Å². The topological polar surface area (TPSA) is 65.1 Å². The second kappa shape index (κ2) is 10.0. The van der Waals surface area contributed by atoms with Crippen LogP contribution in [0.3, 0.4) is 0 Å². The summed E-state index contributed by atoms with van der Waals surface area (Å²) in [5.41, 5.74) is 2.14. The Morgan fingerprint density at radius 3 is 2.62 bits per heavy atom. The number of hydrogen-bond acceptors (Lipinski definition) is 6. The molecule has 2 aliphatic heterocycles. The zero-order valence-electron chi connectivity index (χ0n) is 17.2. The van der Waals surface area contributed by atoms with E-state index in [2.05, 4.69) is 28.6 Å². The van der Waals surface area contributed by atoms with Gasteiger partial charge in [-0.3, -0.25) is 9.80 Å². The third-order valence-corrected chi connectivity index (χ3v) is 6.11. The van der Waals surface area contributed by atoms with Gasteiger partial charge in [0.1, 0.15) is 0 Å². The predicted molar refractivity (Wildman–Crippen MR) is 115 cm³/mol. The van der Waals surface area contributed by atoms with Gasteiger partial charge in [0.2, 0.25) is 0 Å². The van der Waals surface area contributed by atoms with Crippen LogP contribution in [0.1, 0.15) is 25.5 Å². The lowest BCUT2D eigenvalue weighted by atomic mass is 9.96. The van der Waals surface area contributed by atoms with E-state index in [1.807, 2.05) is 16.8 Å². The molecule has 1 aromatic rings. The van der Waals surface area contributed by atoms with Crippen LogP contribution < -0.4 is 5.32 Å². The number of urea groups is 1. The summed E-state index contributed by atoms with van der Waals surface area (Å²) in [6.07, 6.45) is 1.68. The molecule has 158 valence electrons. The van der Waals surface area contributed by atoms with Gasteiger partial charge in [-0.2, -0.15) is 11.3 Å². The number of carbonyl (C=O) groups excluding carboxylic acids is 2. The molecule has 1 fully saturated rings. The molecule has 1 aromatic heterocycles. The highest BCUT2D eigenvalue weighted by Gasteiger charge is 2.38. The van der Waals surface area contributed by atoms with Gasteiger partial charge in [0.15, 0.2) is 0 Å². The summed E-state index contributed by atoms with van der Waals surface area (Å²) < 4.78 is 5.40. The highest BCUT2D eigenvalue weighted by Crippen LogP contribution is 2.33. The molecule has 0 aliphatic carbocycles. The van der Waals surface area contributed by atoms with Crippen molar-refractivity contribution in [2.45, 2.75) is 19.9 Å². The molecule has 2 aliphatic rings. The van der Waals surface area contributed by atoms with Crippen molar-refractivity contribution in [3.63, 3.8) is 0 Å². The van der Waals surface area contributed by atoms with E-state index in [0.717, 1.165) is 38.3 Å². The zero-order valence-corrected chi connectivity index (χ0v) is 18.0. The van der Waals surface area contributed by atoms with Gasteiger partial charge in [-0.15, -0.1) is 6.58 Å². The summed E-state index contributed by atoms with van der Waals surface area (Å²) >= 11 is 1.54. The molecule has 0 aromatic carbocycles. The Balaban J connectivity index is 1.99. The van der Waals surface area contributed by atoms with E-state index in [1.165, 1.54) is 0 Å². The first-order valence-corrected chi connectivity index (χ1v) is 11.1. The van der Waals surface area contributed by atoms with Crippen LogP contribution in [0.15, 0.2) is 40.8 Å². The number of nitrogens with zero attached hydrogens (tertiary/aromatic N) is 3. The van der Waals surface area contributed by atoms with Gasteiger partial charge < -0.3 is 15.0 Å². The molecule has 2 amide bonds. The number of esters is 1. The van der Waals surface area contributed by atoms with Gasteiger partial charge in [0.25, 0.3) is 0 Å². The summed E-state index contributed by atoms with van der Waals surface area (Å²) in [7, 11) is 0. The van der Waals surface area contributed by atoms with Crippen molar-refractivity contribution in [3.8, 4) is 0 Å². The van der Waals surface area contributed by atoms with Crippen molar-refractivity contribution < 1.29 is 14.3 Å². The van der Waals surface area contributed by atoms with Crippen LogP contribution in [0.4, 0.5) is 4.79 Å². The Hall–Kier alpha value is -2.16. The molecule has 1 saturated heterocycles. The van der Waals surface area contributed by atoms with Gasteiger partial charge in [-0.1, -0.05) is 13.0 Å². The quantitative estimate of drug-likeness (QED) is 0.519. The third kappa shape index (κ3) is 4.88. The molecule has 0 spiro atoms. The average molecular weight is 419 g/mol. The third-order valence-electron chi connectivity index (χ3n) is 5.41. The first-order chi connectivity index (χ1) is 14.1. The number of carbonyl (C=O) groups is 2. The van der Waals surface area contributed by atoms with E-state index in [9.17, 15) is 9.59 Å². The molecule has 7 nitrogen and oxygen atoms in total. The van der Waals surface area contributed by atoms with E-state index in [1.54, 1.807) is 29.2 Å². The van der Waals surface area contributed by atoms with Crippen LogP contribution in [0.2, 0.25) is 0 Å². The number of nitrogens with one attached hydrogen (secondary N) is 1. The predicted octanol–water partition coefficient (Wildman–Crippen LogP) is 2.46. The van der Waals surface area contributed by atoms with Gasteiger partial charge in [0, 0.05) is 45.0 Å². The summed E-state index contributed by atoms with van der Waals surface area (Å²) in [4.78, 5) is 32.3. The van der Waals surface area contributed by atoms with Gasteiger partial charge in [-0.05, 0) is 35.9 Å². The fourth-order valence-electron chi connectivity index (χ4n) is 3.81. The number of amides is 2. The standard InChI is InChI=1S/C21H30N4O3S/c1-4-8-25-17(14-24-11-9-23(5-2)10-12-24)18(20(26)28-6-3)19(22-21(25)27)16-7-13-29-15-16/h4,7,13,15,19H,1,5-6,8-12,14H2,2-3H3,(H,22,27)/t19-/m1/s1. The minimum absolute atomic E-state index is 0.212. The number of hydrogen-bond donors (Lipinski definition) is 1. The molecule has 0 radical (unpaired) electrons. The van der Waals surface area contributed by atoms with Crippen LogP contribution in [-0.4, -0.2) is 79.1 Å². The molecule has 3 heterocycles. The Morgan fingerprint density at radius 2 is 2.03 bits per heavy atom. The summed E-state index contributed by atoms with van der Waals surface area (Å²) in [5.74, 6) is -0.375. The number of piperazine rings is 1. The minimum atomic E-state index is -0.499. The lowest BCUT2D eigenvalue weighted by molar-refractivity contribution is -0.139. The Kier molecular flexibility index (Phi) is 7.46. The maximum Gasteiger partial charge on any atom is 0.338 e. The minimum Gasteiger partial charge on any atom is -0.463 e. The molecular weight excluding hydrogens is 388 g/mol. The highest BCUT2D eigenvalue weighted by molar-refractivity contribution is 7.08. The maximum atomic E-state index is 13.0. The van der Waals surface area contributed by atoms with Crippen molar-refractivity contribution in [1.82, 2.24) is 20.0 Å². The molecule has 1 N–H and O–H groups in total. The monoisotopic (exact) mass is 418 g/mol. The van der Waals surface area contributed by atoms with Crippen molar-refractivity contribution >= 4 is 23.3 Å².